The van der Waals surface area contributed by atoms with Crippen molar-refractivity contribution in [2.24, 2.45) is 16.6 Å². The molecule has 2 fully saturated rings. The normalized spacial score (nSPS) is 22.4. The highest BCUT2D eigenvalue weighted by molar-refractivity contribution is 7.13. The van der Waals surface area contributed by atoms with Crippen molar-refractivity contribution >= 4 is 22.4 Å². The summed E-state index contributed by atoms with van der Waals surface area (Å²) >= 11 is 1.70. The second-order valence-corrected chi connectivity index (χ2v) is 8.07. The zero-order valence-electron chi connectivity index (χ0n) is 15.5. The minimum atomic E-state index is 0.540. The Bertz CT molecular complexity index is 531. The zero-order chi connectivity index (χ0) is 17.6. The van der Waals surface area contributed by atoms with Crippen LogP contribution in [0.1, 0.15) is 6.92 Å². The smallest absolute Gasteiger partial charge is 0.191 e. The molecule has 3 heterocycles. The molecule has 0 bridgehead atoms. The van der Waals surface area contributed by atoms with Crippen LogP contribution in [0, 0.1) is 5.92 Å². The van der Waals surface area contributed by atoms with Crippen LogP contribution in [-0.2, 0) is 0 Å². The number of likely N-dealkylation sites (N-methyl/N-ethyl adjacent to an activating group) is 1. The van der Waals surface area contributed by atoms with Crippen LogP contribution < -0.4 is 10.6 Å². The third kappa shape index (κ3) is 5.29. The number of anilines is 1. The van der Waals surface area contributed by atoms with E-state index in [2.05, 4.69) is 43.5 Å². The predicted octanol–water partition coefficient (Wildman–Crippen LogP) is 0.463. The van der Waals surface area contributed by atoms with Crippen molar-refractivity contribution in [3.8, 4) is 0 Å². The molecule has 3 rings (SSSR count). The summed E-state index contributed by atoms with van der Waals surface area (Å²) in [5.41, 5.74) is 6.24. The van der Waals surface area contributed by atoms with Crippen LogP contribution in [0.2, 0.25) is 0 Å². The molecular weight excluding hydrogens is 334 g/mol. The van der Waals surface area contributed by atoms with Gasteiger partial charge in [0.25, 0.3) is 0 Å². The van der Waals surface area contributed by atoms with E-state index in [-0.39, 0.29) is 0 Å². The van der Waals surface area contributed by atoms with Crippen molar-refractivity contribution in [1.82, 2.24) is 19.7 Å². The van der Waals surface area contributed by atoms with Gasteiger partial charge in [-0.2, -0.15) is 0 Å². The summed E-state index contributed by atoms with van der Waals surface area (Å²) in [6, 6.07) is 0. The number of hydrogen-bond acceptors (Lipinski definition) is 6. The first-order valence-corrected chi connectivity index (χ1v) is 10.1. The average Bonchev–Trinajstić information content (AvgIpc) is 3.16. The monoisotopic (exact) mass is 365 g/mol. The largest absolute Gasteiger partial charge is 0.370 e. The molecule has 0 radical (unpaired) electrons. The van der Waals surface area contributed by atoms with Crippen molar-refractivity contribution in [3.05, 3.63) is 11.6 Å². The Balaban J connectivity index is 1.39. The number of nitrogens with zero attached hydrogens (tertiary/aromatic N) is 6. The molecule has 8 heteroatoms. The fraction of sp³-hybridized carbons (Fsp3) is 0.765. The number of guanidine groups is 1. The van der Waals surface area contributed by atoms with Crippen molar-refractivity contribution in [2.75, 3.05) is 77.4 Å². The molecule has 2 N–H and O–H groups in total. The zero-order valence-corrected chi connectivity index (χ0v) is 16.3. The van der Waals surface area contributed by atoms with Crippen LogP contribution in [0.15, 0.2) is 16.6 Å². The van der Waals surface area contributed by atoms with E-state index in [1.807, 2.05) is 11.6 Å². The highest BCUT2D eigenvalue weighted by Gasteiger charge is 2.20. The summed E-state index contributed by atoms with van der Waals surface area (Å²) in [7, 11) is 2.19. The summed E-state index contributed by atoms with van der Waals surface area (Å²) in [5.74, 6) is 1.24. The third-order valence-electron chi connectivity index (χ3n) is 5.02. The third-order valence-corrected chi connectivity index (χ3v) is 5.86. The minimum Gasteiger partial charge on any atom is -0.370 e. The second-order valence-electron chi connectivity index (χ2n) is 7.20. The van der Waals surface area contributed by atoms with E-state index in [9.17, 15) is 0 Å². The summed E-state index contributed by atoms with van der Waals surface area (Å²) in [6.07, 6.45) is 1.87. The Kier molecular flexibility index (Phi) is 6.50. The fourth-order valence-electron chi connectivity index (χ4n) is 3.38. The van der Waals surface area contributed by atoms with Crippen molar-refractivity contribution < 1.29 is 0 Å². The topological polar surface area (TPSA) is 64.2 Å². The van der Waals surface area contributed by atoms with Gasteiger partial charge in [-0.25, -0.2) is 4.98 Å². The van der Waals surface area contributed by atoms with E-state index in [0.29, 0.717) is 11.9 Å². The van der Waals surface area contributed by atoms with Gasteiger partial charge in [0.05, 0.1) is 0 Å². The highest BCUT2D eigenvalue weighted by Crippen LogP contribution is 2.18. The van der Waals surface area contributed by atoms with E-state index in [0.717, 1.165) is 44.4 Å². The Morgan fingerprint density at radius 2 is 1.92 bits per heavy atom. The van der Waals surface area contributed by atoms with Gasteiger partial charge >= 0.3 is 0 Å². The van der Waals surface area contributed by atoms with Gasteiger partial charge in [0.1, 0.15) is 0 Å². The van der Waals surface area contributed by atoms with E-state index < -0.39 is 0 Å². The molecule has 1 aromatic heterocycles. The van der Waals surface area contributed by atoms with Crippen LogP contribution >= 0.6 is 11.3 Å². The molecule has 2 saturated heterocycles. The number of aromatic nitrogens is 1. The summed E-state index contributed by atoms with van der Waals surface area (Å²) < 4.78 is 0. The van der Waals surface area contributed by atoms with Crippen molar-refractivity contribution in [1.29, 1.82) is 0 Å². The van der Waals surface area contributed by atoms with Gasteiger partial charge in [-0.3, -0.25) is 4.99 Å². The molecule has 0 aliphatic carbocycles. The lowest BCUT2D eigenvalue weighted by molar-refractivity contribution is 0.140. The summed E-state index contributed by atoms with van der Waals surface area (Å²) in [6.45, 7) is 12.6. The predicted molar refractivity (Wildman–Crippen MR) is 105 cm³/mol. The van der Waals surface area contributed by atoms with Crippen LogP contribution in [-0.4, -0.2) is 98.1 Å². The number of thiazole rings is 1. The van der Waals surface area contributed by atoms with E-state index in [4.69, 9.17) is 5.73 Å². The lowest BCUT2D eigenvalue weighted by atomic mass is 10.1. The quantitative estimate of drug-likeness (QED) is 0.604. The van der Waals surface area contributed by atoms with Crippen LogP contribution in [0.3, 0.4) is 0 Å². The number of nitrogens with two attached hydrogens (primary N) is 1. The van der Waals surface area contributed by atoms with Gasteiger partial charge in [0.15, 0.2) is 11.1 Å². The average molecular weight is 366 g/mol. The minimum absolute atomic E-state index is 0.540. The van der Waals surface area contributed by atoms with E-state index in [1.165, 1.54) is 26.2 Å². The molecule has 0 saturated carbocycles. The van der Waals surface area contributed by atoms with Gasteiger partial charge in [-0.1, -0.05) is 6.92 Å². The van der Waals surface area contributed by atoms with E-state index >= 15 is 0 Å². The standard InChI is InChI=1S/C17H31N7S/c1-15(14-22-6-4-21(2)5-7-22)13-20-16(18)23-8-10-24(11-9-23)17-19-3-12-25-17/h3,12,15H,4-11,13-14H2,1-2H3,(H2,18,20). The molecule has 7 nitrogen and oxygen atoms in total. The number of hydrogen-bond donors (Lipinski definition) is 1. The molecule has 1 unspecified atom stereocenters. The Labute approximate surface area is 155 Å². The molecule has 25 heavy (non-hydrogen) atoms. The SMILES string of the molecule is CC(CN=C(N)N1CCN(c2nccs2)CC1)CN1CCN(C)CC1. The van der Waals surface area contributed by atoms with Crippen LogP contribution in [0.25, 0.3) is 0 Å². The molecule has 2 aliphatic rings. The Morgan fingerprint density at radius 1 is 1.20 bits per heavy atom. The van der Waals surface area contributed by atoms with Gasteiger partial charge in [0, 0.05) is 77.0 Å². The molecular formula is C17H31N7S. The first-order chi connectivity index (χ1) is 12.1. The second kappa shape index (κ2) is 8.82. The van der Waals surface area contributed by atoms with Gasteiger partial charge < -0.3 is 25.3 Å². The number of piperazine rings is 2. The molecule has 0 spiro atoms. The first kappa shape index (κ1) is 18.4. The maximum atomic E-state index is 6.24. The summed E-state index contributed by atoms with van der Waals surface area (Å²) in [4.78, 5) is 18.5. The molecule has 1 aromatic rings. The lowest BCUT2D eigenvalue weighted by Crippen LogP contribution is -2.51. The number of rotatable bonds is 5. The molecule has 1 atom stereocenters. The molecule has 140 valence electrons. The molecule has 0 aromatic carbocycles. The van der Waals surface area contributed by atoms with Crippen LogP contribution in [0.4, 0.5) is 5.13 Å². The maximum Gasteiger partial charge on any atom is 0.191 e. The highest BCUT2D eigenvalue weighted by atomic mass is 32.1. The fourth-order valence-corrected chi connectivity index (χ4v) is 4.07. The number of aliphatic imine (C=N–C) groups is 1. The van der Waals surface area contributed by atoms with E-state index in [1.54, 1.807) is 11.3 Å². The van der Waals surface area contributed by atoms with Gasteiger partial charge in [-0.05, 0) is 13.0 Å². The van der Waals surface area contributed by atoms with Gasteiger partial charge in [0.2, 0.25) is 0 Å². The maximum absolute atomic E-state index is 6.24. The Hall–Kier alpha value is -1.38. The Morgan fingerprint density at radius 3 is 2.56 bits per heavy atom. The summed E-state index contributed by atoms with van der Waals surface area (Å²) in [5, 5.41) is 3.13. The van der Waals surface area contributed by atoms with Crippen molar-refractivity contribution in [3.63, 3.8) is 0 Å². The molecule has 2 aliphatic heterocycles. The van der Waals surface area contributed by atoms with Crippen LogP contribution in [0.5, 0.6) is 0 Å². The molecule has 0 amide bonds. The first-order valence-electron chi connectivity index (χ1n) is 9.22. The van der Waals surface area contributed by atoms with Crippen molar-refractivity contribution in [2.45, 2.75) is 6.92 Å². The van der Waals surface area contributed by atoms with Gasteiger partial charge in [-0.15, -0.1) is 11.3 Å². The lowest BCUT2D eigenvalue weighted by Gasteiger charge is -2.35.